The maximum atomic E-state index is 11.1. The summed E-state index contributed by atoms with van der Waals surface area (Å²) in [4.78, 5) is 15.5. The molecule has 92 valence electrons. The molecule has 5 nitrogen and oxygen atoms in total. The Labute approximate surface area is 98.8 Å². The van der Waals surface area contributed by atoms with Crippen LogP contribution in [0.3, 0.4) is 0 Å². The highest BCUT2D eigenvalue weighted by atomic mass is 16.5. The first-order chi connectivity index (χ1) is 8.15. The maximum absolute atomic E-state index is 11.1. The molecule has 0 bridgehead atoms. The van der Waals surface area contributed by atoms with Crippen molar-refractivity contribution >= 4 is 5.97 Å². The van der Waals surface area contributed by atoms with Crippen LogP contribution >= 0.6 is 0 Å². The maximum Gasteiger partial charge on any atom is 0.373 e. The molecule has 0 amide bonds. The molecule has 1 saturated carbocycles. The summed E-state index contributed by atoms with van der Waals surface area (Å²) >= 11 is 0. The van der Waals surface area contributed by atoms with Crippen molar-refractivity contribution in [2.24, 2.45) is 0 Å². The number of carboxylic acids is 1. The fourth-order valence-electron chi connectivity index (χ4n) is 2.30. The molecule has 3 rings (SSSR count). The number of rotatable bonds is 3. The van der Waals surface area contributed by atoms with Crippen LogP contribution in [-0.4, -0.2) is 28.8 Å². The molecular weight excluding hydrogens is 222 g/mol. The summed E-state index contributed by atoms with van der Waals surface area (Å²) in [7, 11) is 0. The fraction of sp³-hybridized carbons (Fsp3) is 0.667. The van der Waals surface area contributed by atoms with Gasteiger partial charge in [0.2, 0.25) is 11.7 Å². The van der Waals surface area contributed by atoms with Crippen molar-refractivity contribution in [2.75, 3.05) is 6.61 Å². The van der Waals surface area contributed by atoms with Crippen LogP contribution in [0, 0.1) is 0 Å². The van der Waals surface area contributed by atoms with Gasteiger partial charge in [0.1, 0.15) is 0 Å². The van der Waals surface area contributed by atoms with Gasteiger partial charge in [-0.1, -0.05) is 0 Å². The third-order valence-corrected chi connectivity index (χ3v) is 3.38. The van der Waals surface area contributed by atoms with E-state index in [0.29, 0.717) is 24.1 Å². The van der Waals surface area contributed by atoms with E-state index < -0.39 is 5.97 Å². The fourth-order valence-corrected chi connectivity index (χ4v) is 2.30. The first kappa shape index (κ1) is 10.8. The van der Waals surface area contributed by atoms with Crippen molar-refractivity contribution in [1.82, 2.24) is 4.98 Å². The minimum Gasteiger partial charge on any atom is -0.475 e. The van der Waals surface area contributed by atoms with Crippen molar-refractivity contribution in [2.45, 2.75) is 44.1 Å². The van der Waals surface area contributed by atoms with Gasteiger partial charge < -0.3 is 14.3 Å². The summed E-state index contributed by atoms with van der Waals surface area (Å²) in [6, 6.07) is 0. The lowest BCUT2D eigenvalue weighted by molar-refractivity contribution is 0.0657. The molecule has 1 saturated heterocycles. The van der Waals surface area contributed by atoms with Crippen molar-refractivity contribution in [3.8, 4) is 0 Å². The predicted octanol–water partition coefficient (Wildman–Crippen LogP) is 2.14. The lowest BCUT2D eigenvalue weighted by Crippen LogP contribution is -1.98. The van der Waals surface area contributed by atoms with Gasteiger partial charge in [-0.15, -0.1) is 0 Å². The first-order valence-electron chi connectivity index (χ1n) is 6.00. The number of aromatic carboxylic acids is 1. The Morgan fingerprint density at radius 1 is 1.41 bits per heavy atom. The first-order valence-corrected chi connectivity index (χ1v) is 6.00. The Hall–Kier alpha value is -1.36. The van der Waals surface area contributed by atoms with E-state index in [1.165, 1.54) is 0 Å². The average molecular weight is 237 g/mol. The number of hydrogen-bond donors (Lipinski definition) is 1. The lowest BCUT2D eigenvalue weighted by atomic mass is 10.1. The van der Waals surface area contributed by atoms with Crippen LogP contribution in [0.4, 0.5) is 0 Å². The summed E-state index contributed by atoms with van der Waals surface area (Å²) < 4.78 is 10.9. The summed E-state index contributed by atoms with van der Waals surface area (Å²) in [5.41, 5.74) is 0.632. The Kier molecular flexibility index (Phi) is 2.43. The molecular formula is C12H15NO4. The normalized spacial score (nSPS) is 28.5. The second kappa shape index (κ2) is 3.84. The number of carboxylic acid groups (broad SMARTS) is 1. The number of hydrogen-bond acceptors (Lipinski definition) is 4. The molecule has 17 heavy (non-hydrogen) atoms. The molecule has 2 fully saturated rings. The van der Waals surface area contributed by atoms with E-state index in [9.17, 15) is 4.79 Å². The van der Waals surface area contributed by atoms with Gasteiger partial charge in [-0.05, 0) is 26.2 Å². The molecule has 5 heteroatoms. The van der Waals surface area contributed by atoms with E-state index in [0.717, 1.165) is 19.3 Å². The van der Waals surface area contributed by atoms with E-state index in [4.69, 9.17) is 14.3 Å². The molecule has 0 aromatic carbocycles. The summed E-state index contributed by atoms with van der Waals surface area (Å²) in [5.74, 6) is -0.0535. The molecule has 1 aromatic rings. The zero-order valence-electron chi connectivity index (χ0n) is 9.68. The third kappa shape index (κ3) is 1.95. The largest absolute Gasteiger partial charge is 0.475 e. The van der Waals surface area contributed by atoms with Gasteiger partial charge in [0.15, 0.2) is 0 Å². The van der Waals surface area contributed by atoms with Crippen LogP contribution in [0.1, 0.15) is 60.2 Å². The zero-order chi connectivity index (χ0) is 12.0. The van der Waals surface area contributed by atoms with Gasteiger partial charge in [-0.3, -0.25) is 0 Å². The predicted molar refractivity (Wildman–Crippen MR) is 58.2 cm³/mol. The average Bonchev–Trinajstić information content (AvgIpc) is 2.87. The Bertz CT molecular complexity index is 449. The van der Waals surface area contributed by atoms with Crippen LogP contribution in [-0.2, 0) is 4.74 Å². The van der Waals surface area contributed by atoms with E-state index in [2.05, 4.69) is 4.98 Å². The molecule has 1 aliphatic heterocycles. The summed E-state index contributed by atoms with van der Waals surface area (Å²) in [5, 5.41) is 9.09. The number of aromatic nitrogens is 1. The topological polar surface area (TPSA) is 72.6 Å². The second-order valence-corrected chi connectivity index (χ2v) is 4.92. The van der Waals surface area contributed by atoms with Crippen LogP contribution < -0.4 is 0 Å². The Morgan fingerprint density at radius 3 is 2.71 bits per heavy atom. The minimum absolute atomic E-state index is 0.0297. The number of oxazole rings is 1. The molecule has 2 aliphatic rings. The molecule has 0 spiro atoms. The van der Waals surface area contributed by atoms with Crippen LogP contribution in [0.5, 0.6) is 0 Å². The van der Waals surface area contributed by atoms with Gasteiger partial charge in [-0.2, -0.15) is 0 Å². The van der Waals surface area contributed by atoms with Crippen LogP contribution in [0.2, 0.25) is 0 Å². The molecule has 0 radical (unpaired) electrons. The minimum atomic E-state index is -1.02. The molecule has 1 aliphatic carbocycles. The summed E-state index contributed by atoms with van der Waals surface area (Å²) in [6.07, 6.45) is 3.08. The quantitative estimate of drug-likeness (QED) is 0.871. The SMILES string of the molecule is CC1CC(c2nc(C3CC3)c(C(=O)O)o2)CO1. The molecule has 2 heterocycles. The van der Waals surface area contributed by atoms with Crippen molar-refractivity contribution < 1.29 is 19.1 Å². The van der Waals surface area contributed by atoms with Gasteiger partial charge in [-0.25, -0.2) is 9.78 Å². The van der Waals surface area contributed by atoms with E-state index in [-0.39, 0.29) is 17.8 Å². The highest BCUT2D eigenvalue weighted by molar-refractivity contribution is 5.86. The molecule has 1 aromatic heterocycles. The standard InChI is InChI=1S/C12H15NO4/c1-6-4-8(5-16-6)11-13-9(7-2-3-7)10(17-11)12(14)15/h6-8H,2-5H2,1H3,(H,14,15). The van der Waals surface area contributed by atoms with Crippen LogP contribution in [0.25, 0.3) is 0 Å². The Balaban J connectivity index is 1.90. The lowest BCUT2D eigenvalue weighted by Gasteiger charge is -1.99. The van der Waals surface area contributed by atoms with Gasteiger partial charge in [0.25, 0.3) is 0 Å². The monoisotopic (exact) mass is 237 g/mol. The van der Waals surface area contributed by atoms with E-state index >= 15 is 0 Å². The van der Waals surface area contributed by atoms with Gasteiger partial charge in [0, 0.05) is 5.92 Å². The van der Waals surface area contributed by atoms with Gasteiger partial charge in [0.05, 0.1) is 24.3 Å². The number of carbonyl (C=O) groups is 1. The molecule has 1 N–H and O–H groups in total. The van der Waals surface area contributed by atoms with Crippen molar-refractivity contribution in [3.63, 3.8) is 0 Å². The highest BCUT2D eigenvalue weighted by Gasteiger charge is 2.36. The number of ether oxygens (including phenoxy) is 1. The molecule has 2 unspecified atom stereocenters. The summed E-state index contributed by atoms with van der Waals surface area (Å²) in [6.45, 7) is 2.58. The van der Waals surface area contributed by atoms with Gasteiger partial charge >= 0.3 is 5.97 Å². The van der Waals surface area contributed by atoms with E-state index in [1.807, 2.05) is 6.92 Å². The smallest absolute Gasteiger partial charge is 0.373 e. The highest BCUT2D eigenvalue weighted by Crippen LogP contribution is 2.42. The Morgan fingerprint density at radius 2 is 2.18 bits per heavy atom. The second-order valence-electron chi connectivity index (χ2n) is 4.92. The van der Waals surface area contributed by atoms with E-state index in [1.54, 1.807) is 0 Å². The van der Waals surface area contributed by atoms with Crippen LogP contribution in [0.15, 0.2) is 4.42 Å². The number of nitrogens with zero attached hydrogens (tertiary/aromatic N) is 1. The van der Waals surface area contributed by atoms with Crippen molar-refractivity contribution in [3.05, 3.63) is 17.3 Å². The molecule has 2 atom stereocenters. The third-order valence-electron chi connectivity index (χ3n) is 3.38. The van der Waals surface area contributed by atoms with Crippen molar-refractivity contribution in [1.29, 1.82) is 0 Å². The zero-order valence-corrected chi connectivity index (χ0v) is 9.68.